The Kier molecular flexibility index (Phi) is 8.69. The number of carbonyl (C=O) groups is 2. The summed E-state index contributed by atoms with van der Waals surface area (Å²) in [7, 11) is 0. The summed E-state index contributed by atoms with van der Waals surface area (Å²) in [6, 6.07) is 0. The quantitative estimate of drug-likeness (QED) is 0.551. The summed E-state index contributed by atoms with van der Waals surface area (Å²) >= 11 is 3.59. The highest BCUT2D eigenvalue weighted by atomic mass is 32.1. The van der Waals surface area contributed by atoms with E-state index in [4.69, 9.17) is 10.2 Å². The molecule has 0 aromatic rings. The summed E-state index contributed by atoms with van der Waals surface area (Å²) < 4.78 is 0. The number of thiol groups is 1. The first-order chi connectivity index (χ1) is 4.91. The molecule has 0 saturated carbocycles. The number of hydrogen-bond donors (Lipinski definition) is 3. The fourth-order valence-corrected chi connectivity index (χ4v) is 0. The second-order valence-electron chi connectivity index (χ2n) is 1.76. The lowest BCUT2D eigenvalue weighted by molar-refractivity contribution is -0.137. The molecule has 0 aromatic heterocycles. The molecule has 5 heteroatoms. The van der Waals surface area contributed by atoms with Crippen molar-refractivity contribution in [3.8, 4) is 0 Å². The molecule has 1 atom stereocenters. The van der Waals surface area contributed by atoms with Crippen LogP contribution in [0.1, 0.15) is 20.3 Å². The molecular formula is C6H12O4S. The van der Waals surface area contributed by atoms with E-state index in [2.05, 4.69) is 12.6 Å². The van der Waals surface area contributed by atoms with Gasteiger partial charge in [-0.2, -0.15) is 12.6 Å². The summed E-state index contributed by atoms with van der Waals surface area (Å²) in [5.41, 5.74) is 0. The van der Waals surface area contributed by atoms with Gasteiger partial charge < -0.3 is 10.2 Å². The van der Waals surface area contributed by atoms with Gasteiger partial charge in [0.1, 0.15) is 0 Å². The molecule has 4 nitrogen and oxygen atoms in total. The van der Waals surface area contributed by atoms with Crippen molar-refractivity contribution in [2.45, 2.75) is 25.5 Å². The molecule has 1 unspecified atom stereocenters. The molecule has 11 heavy (non-hydrogen) atoms. The van der Waals surface area contributed by atoms with Crippen molar-refractivity contribution < 1.29 is 19.8 Å². The van der Waals surface area contributed by atoms with Crippen LogP contribution in [0, 0.1) is 0 Å². The van der Waals surface area contributed by atoms with Crippen LogP contribution in [-0.4, -0.2) is 27.4 Å². The van der Waals surface area contributed by atoms with Crippen LogP contribution in [0.3, 0.4) is 0 Å². The zero-order chi connectivity index (χ0) is 9.44. The molecular weight excluding hydrogens is 168 g/mol. The molecule has 0 aliphatic rings. The Bertz CT molecular complexity index is 133. The molecule has 0 aliphatic carbocycles. The molecule has 0 bridgehead atoms. The Morgan fingerprint density at radius 2 is 1.64 bits per heavy atom. The Hall–Kier alpha value is -0.710. The highest BCUT2D eigenvalue weighted by molar-refractivity contribution is 7.81. The molecule has 0 radical (unpaired) electrons. The summed E-state index contributed by atoms with van der Waals surface area (Å²) in [6.07, 6.45) is 0.222. The Morgan fingerprint density at radius 3 is 1.64 bits per heavy atom. The predicted octanol–water partition coefficient (Wildman–Crippen LogP) is 0.870. The van der Waals surface area contributed by atoms with E-state index in [0.717, 1.165) is 0 Å². The fraction of sp³-hybridized carbons (Fsp3) is 0.667. The van der Waals surface area contributed by atoms with Crippen LogP contribution in [-0.2, 0) is 9.59 Å². The van der Waals surface area contributed by atoms with Gasteiger partial charge in [0.05, 0.1) is 5.25 Å². The molecule has 0 saturated heterocycles. The summed E-state index contributed by atoms with van der Waals surface area (Å²) in [5, 5.41) is 15.1. The van der Waals surface area contributed by atoms with E-state index >= 15 is 0 Å². The third-order valence-corrected chi connectivity index (χ3v) is 0.881. The lowest BCUT2D eigenvalue weighted by Crippen LogP contribution is -2.06. The van der Waals surface area contributed by atoms with Crippen LogP contribution < -0.4 is 0 Å². The molecule has 66 valence electrons. The van der Waals surface area contributed by atoms with Crippen molar-refractivity contribution in [2.75, 3.05) is 0 Å². The maximum Gasteiger partial charge on any atom is 0.316 e. The van der Waals surface area contributed by atoms with Crippen LogP contribution in [0.2, 0.25) is 0 Å². The zero-order valence-electron chi connectivity index (χ0n) is 6.44. The Balaban J connectivity index is 0. The molecule has 0 aromatic carbocycles. The third-order valence-electron chi connectivity index (χ3n) is 0.660. The van der Waals surface area contributed by atoms with Gasteiger partial charge >= 0.3 is 11.9 Å². The minimum absolute atomic E-state index is 0.222. The SMILES string of the molecule is CC(S)C(=O)O.CCC(=O)O. The van der Waals surface area contributed by atoms with E-state index in [1.807, 2.05) is 0 Å². The summed E-state index contributed by atoms with van der Waals surface area (Å²) in [5.74, 6) is -1.62. The lowest BCUT2D eigenvalue weighted by Gasteiger charge is -1.88. The van der Waals surface area contributed by atoms with Gasteiger partial charge in [0, 0.05) is 6.42 Å². The highest BCUT2D eigenvalue weighted by Crippen LogP contribution is 1.88. The first-order valence-electron chi connectivity index (χ1n) is 3.04. The van der Waals surface area contributed by atoms with Gasteiger partial charge in [0.15, 0.2) is 0 Å². The van der Waals surface area contributed by atoms with Crippen LogP contribution in [0.25, 0.3) is 0 Å². The van der Waals surface area contributed by atoms with Gasteiger partial charge in [-0.1, -0.05) is 6.92 Å². The van der Waals surface area contributed by atoms with Crippen molar-refractivity contribution in [2.24, 2.45) is 0 Å². The average Bonchev–Trinajstić information content (AvgIpc) is 1.89. The van der Waals surface area contributed by atoms with Crippen molar-refractivity contribution in [1.82, 2.24) is 0 Å². The number of rotatable bonds is 2. The number of carboxylic acids is 2. The maximum atomic E-state index is 9.62. The zero-order valence-corrected chi connectivity index (χ0v) is 7.34. The second kappa shape index (κ2) is 7.40. The van der Waals surface area contributed by atoms with Crippen LogP contribution in [0.15, 0.2) is 0 Å². The lowest BCUT2D eigenvalue weighted by atomic mass is 10.5. The molecule has 2 N–H and O–H groups in total. The van der Waals surface area contributed by atoms with Crippen LogP contribution >= 0.6 is 12.6 Å². The normalized spacial score (nSPS) is 10.8. The minimum atomic E-state index is -0.877. The number of aliphatic carboxylic acids is 2. The van der Waals surface area contributed by atoms with Crippen molar-refractivity contribution >= 4 is 24.6 Å². The smallest absolute Gasteiger partial charge is 0.316 e. The van der Waals surface area contributed by atoms with Gasteiger partial charge in [-0.15, -0.1) is 0 Å². The molecule has 0 rings (SSSR count). The predicted molar refractivity (Wildman–Crippen MR) is 44.0 cm³/mol. The highest BCUT2D eigenvalue weighted by Gasteiger charge is 2.00. The van der Waals surface area contributed by atoms with E-state index < -0.39 is 17.2 Å². The third kappa shape index (κ3) is 17.6. The fourth-order valence-electron chi connectivity index (χ4n) is 0. The Labute approximate surface area is 70.6 Å². The molecule has 0 heterocycles. The first kappa shape index (κ1) is 12.9. The molecule has 0 aliphatic heterocycles. The Morgan fingerprint density at radius 1 is 1.45 bits per heavy atom. The number of carboxylic acid groups (broad SMARTS) is 2. The average molecular weight is 180 g/mol. The summed E-state index contributed by atoms with van der Waals surface area (Å²) in [6.45, 7) is 3.10. The summed E-state index contributed by atoms with van der Waals surface area (Å²) in [4.78, 5) is 19.0. The van der Waals surface area contributed by atoms with Gasteiger partial charge in [-0.25, -0.2) is 0 Å². The van der Waals surface area contributed by atoms with E-state index in [-0.39, 0.29) is 6.42 Å². The second-order valence-corrected chi connectivity index (χ2v) is 2.54. The molecule has 0 spiro atoms. The maximum absolute atomic E-state index is 9.62. The number of hydrogen-bond acceptors (Lipinski definition) is 3. The van der Waals surface area contributed by atoms with Crippen LogP contribution in [0.5, 0.6) is 0 Å². The molecule has 0 fully saturated rings. The topological polar surface area (TPSA) is 74.6 Å². The van der Waals surface area contributed by atoms with Crippen LogP contribution in [0.4, 0.5) is 0 Å². The van der Waals surface area contributed by atoms with Crippen molar-refractivity contribution in [1.29, 1.82) is 0 Å². The van der Waals surface area contributed by atoms with Gasteiger partial charge in [-0.3, -0.25) is 9.59 Å². The largest absolute Gasteiger partial charge is 0.481 e. The van der Waals surface area contributed by atoms with Gasteiger partial charge in [-0.05, 0) is 6.92 Å². The van der Waals surface area contributed by atoms with Gasteiger partial charge in [0.25, 0.3) is 0 Å². The minimum Gasteiger partial charge on any atom is -0.481 e. The monoisotopic (exact) mass is 180 g/mol. The van der Waals surface area contributed by atoms with Crippen molar-refractivity contribution in [3.05, 3.63) is 0 Å². The van der Waals surface area contributed by atoms with E-state index in [1.54, 1.807) is 6.92 Å². The van der Waals surface area contributed by atoms with E-state index in [0.29, 0.717) is 0 Å². The van der Waals surface area contributed by atoms with E-state index in [9.17, 15) is 9.59 Å². The first-order valence-corrected chi connectivity index (χ1v) is 3.56. The van der Waals surface area contributed by atoms with Gasteiger partial charge in [0.2, 0.25) is 0 Å². The van der Waals surface area contributed by atoms with E-state index in [1.165, 1.54) is 6.92 Å². The molecule has 0 amide bonds. The van der Waals surface area contributed by atoms with Crippen molar-refractivity contribution in [3.63, 3.8) is 0 Å². The standard InChI is InChI=1S/C3H6O2S.C3H6O2/c1-2(6)3(4)5;1-2-3(4)5/h2,6H,1H3,(H,4,5);2H2,1H3,(H,4,5).